The summed E-state index contributed by atoms with van der Waals surface area (Å²) >= 11 is 0. The quantitative estimate of drug-likeness (QED) is 0.396. The van der Waals surface area contributed by atoms with Crippen LogP contribution in [0.15, 0.2) is 18.3 Å². The average Bonchev–Trinajstić information content (AvgIpc) is 3.45. The monoisotopic (exact) mass is 440 g/mol. The summed E-state index contributed by atoms with van der Waals surface area (Å²) in [6, 6.07) is 3.76. The van der Waals surface area contributed by atoms with Gasteiger partial charge >= 0.3 is 18.1 Å². The molecule has 1 fully saturated rings. The van der Waals surface area contributed by atoms with Crippen LogP contribution in [-0.2, 0) is 9.59 Å². The van der Waals surface area contributed by atoms with Crippen LogP contribution in [0.25, 0.3) is 0 Å². The standard InChI is InChI=1S/C14H18N2O3S2.C2HF3O2/c17-13(18)5-7-20-21-8-6-15-14(19)12-4-3-11(9-16-12)10-1-2-10;3-2(4,5)1(6)7/h3-4,9-10H,1-2,5-8H2,(H,15,19)(H,17,18);(H,6,7). The Kier molecular flexibility index (Phi) is 10.1. The molecule has 156 valence electrons. The molecule has 12 heteroatoms. The number of rotatable bonds is 9. The molecule has 1 aromatic heterocycles. The first kappa shape index (κ1) is 24.1. The summed E-state index contributed by atoms with van der Waals surface area (Å²) in [7, 11) is 3.08. The van der Waals surface area contributed by atoms with Crippen molar-refractivity contribution in [2.75, 3.05) is 18.1 Å². The van der Waals surface area contributed by atoms with Crippen LogP contribution in [0.1, 0.15) is 41.2 Å². The lowest BCUT2D eigenvalue weighted by atomic mass is 10.2. The van der Waals surface area contributed by atoms with Crippen LogP contribution in [0, 0.1) is 0 Å². The number of carbonyl (C=O) groups excluding carboxylic acids is 1. The van der Waals surface area contributed by atoms with Gasteiger partial charge in [-0.3, -0.25) is 14.6 Å². The van der Waals surface area contributed by atoms with Gasteiger partial charge in [0.2, 0.25) is 0 Å². The summed E-state index contributed by atoms with van der Waals surface area (Å²) in [5.74, 6) is -1.72. The number of hydrogen-bond acceptors (Lipinski definition) is 6. The van der Waals surface area contributed by atoms with E-state index in [-0.39, 0.29) is 12.3 Å². The Labute approximate surface area is 166 Å². The number of pyridine rings is 1. The van der Waals surface area contributed by atoms with Gasteiger partial charge in [-0.2, -0.15) is 13.2 Å². The van der Waals surface area contributed by atoms with Crippen LogP contribution in [0.5, 0.6) is 0 Å². The molecule has 0 saturated heterocycles. The molecular formula is C16H19F3N2O5S2. The van der Waals surface area contributed by atoms with E-state index in [0.29, 0.717) is 23.9 Å². The number of carbonyl (C=O) groups is 3. The van der Waals surface area contributed by atoms with E-state index in [4.69, 9.17) is 15.0 Å². The topological polar surface area (TPSA) is 117 Å². The van der Waals surface area contributed by atoms with Gasteiger partial charge < -0.3 is 15.5 Å². The average molecular weight is 440 g/mol. The van der Waals surface area contributed by atoms with Gasteiger partial charge in [-0.05, 0) is 30.4 Å². The predicted molar refractivity (Wildman–Crippen MR) is 99.4 cm³/mol. The van der Waals surface area contributed by atoms with Gasteiger partial charge in [0.15, 0.2) is 0 Å². The SMILES string of the molecule is O=C(O)C(F)(F)F.O=C(O)CCSSCCNC(=O)c1ccc(C2CC2)cn1. The molecule has 0 unspecified atom stereocenters. The van der Waals surface area contributed by atoms with Crippen molar-refractivity contribution in [2.45, 2.75) is 31.4 Å². The van der Waals surface area contributed by atoms with Gasteiger partial charge in [-0.1, -0.05) is 27.7 Å². The Morgan fingerprint density at radius 1 is 1.14 bits per heavy atom. The first-order valence-corrected chi connectivity index (χ1v) is 10.6. The predicted octanol–water partition coefficient (Wildman–Crippen LogP) is 3.18. The lowest BCUT2D eigenvalue weighted by molar-refractivity contribution is -0.192. The normalized spacial score (nSPS) is 13.2. The third-order valence-electron chi connectivity index (χ3n) is 3.26. The molecule has 1 aliphatic rings. The second-order valence-electron chi connectivity index (χ2n) is 5.60. The second-order valence-corrected chi connectivity index (χ2v) is 8.30. The number of amides is 1. The number of aliphatic carboxylic acids is 2. The molecule has 2 rings (SSSR count). The lowest BCUT2D eigenvalue weighted by Crippen LogP contribution is -2.26. The minimum Gasteiger partial charge on any atom is -0.481 e. The van der Waals surface area contributed by atoms with Crippen molar-refractivity contribution < 1.29 is 37.8 Å². The number of halogens is 3. The summed E-state index contributed by atoms with van der Waals surface area (Å²) < 4.78 is 31.7. The van der Waals surface area contributed by atoms with Gasteiger partial charge in [0.25, 0.3) is 5.91 Å². The number of alkyl halides is 3. The minimum absolute atomic E-state index is 0.159. The Balaban J connectivity index is 0.000000480. The number of nitrogens with one attached hydrogen (secondary N) is 1. The number of carboxylic acid groups (broad SMARTS) is 2. The lowest BCUT2D eigenvalue weighted by Gasteiger charge is -2.05. The number of hydrogen-bond donors (Lipinski definition) is 3. The van der Waals surface area contributed by atoms with Gasteiger partial charge in [0, 0.05) is 24.2 Å². The third-order valence-corrected chi connectivity index (χ3v) is 5.67. The molecule has 1 heterocycles. The van der Waals surface area contributed by atoms with Crippen molar-refractivity contribution in [3.8, 4) is 0 Å². The molecule has 1 aliphatic carbocycles. The molecule has 0 aromatic carbocycles. The highest BCUT2D eigenvalue weighted by atomic mass is 33.1. The van der Waals surface area contributed by atoms with Crippen LogP contribution >= 0.6 is 21.6 Å². The molecule has 7 nitrogen and oxygen atoms in total. The van der Waals surface area contributed by atoms with E-state index in [2.05, 4.69) is 10.3 Å². The van der Waals surface area contributed by atoms with Gasteiger partial charge in [-0.15, -0.1) is 0 Å². The van der Waals surface area contributed by atoms with Crippen molar-refractivity contribution in [3.63, 3.8) is 0 Å². The van der Waals surface area contributed by atoms with Crippen molar-refractivity contribution in [2.24, 2.45) is 0 Å². The van der Waals surface area contributed by atoms with Crippen LogP contribution in [-0.4, -0.2) is 57.3 Å². The molecule has 0 spiro atoms. The van der Waals surface area contributed by atoms with Gasteiger partial charge in [0.05, 0.1) is 6.42 Å². The highest BCUT2D eigenvalue weighted by Gasteiger charge is 2.38. The number of carboxylic acids is 2. The molecule has 1 saturated carbocycles. The molecule has 0 aliphatic heterocycles. The second kappa shape index (κ2) is 11.8. The molecule has 28 heavy (non-hydrogen) atoms. The van der Waals surface area contributed by atoms with E-state index in [9.17, 15) is 22.8 Å². The van der Waals surface area contributed by atoms with E-state index in [1.807, 2.05) is 6.07 Å². The summed E-state index contributed by atoms with van der Waals surface area (Å²) in [5.41, 5.74) is 1.67. The van der Waals surface area contributed by atoms with Crippen LogP contribution < -0.4 is 5.32 Å². The molecule has 0 bridgehead atoms. The number of aromatic nitrogens is 1. The molecule has 0 atom stereocenters. The maximum absolute atomic E-state index is 11.9. The van der Waals surface area contributed by atoms with Crippen molar-refractivity contribution in [1.29, 1.82) is 0 Å². The van der Waals surface area contributed by atoms with Gasteiger partial charge in [0.1, 0.15) is 5.69 Å². The molecule has 1 aromatic rings. The maximum Gasteiger partial charge on any atom is 0.490 e. The van der Waals surface area contributed by atoms with E-state index in [1.165, 1.54) is 29.2 Å². The van der Waals surface area contributed by atoms with E-state index in [1.54, 1.807) is 23.1 Å². The van der Waals surface area contributed by atoms with Crippen molar-refractivity contribution >= 4 is 39.4 Å². The zero-order chi connectivity index (χ0) is 21.2. The van der Waals surface area contributed by atoms with Crippen LogP contribution in [0.4, 0.5) is 13.2 Å². The molecule has 1 amide bonds. The largest absolute Gasteiger partial charge is 0.490 e. The van der Waals surface area contributed by atoms with Crippen molar-refractivity contribution in [1.82, 2.24) is 10.3 Å². The fraction of sp³-hybridized carbons (Fsp3) is 0.500. The minimum atomic E-state index is -5.08. The summed E-state index contributed by atoms with van der Waals surface area (Å²) in [6.45, 7) is 0.551. The third kappa shape index (κ3) is 10.4. The fourth-order valence-electron chi connectivity index (χ4n) is 1.74. The zero-order valence-electron chi connectivity index (χ0n) is 14.6. The Morgan fingerprint density at radius 2 is 1.75 bits per heavy atom. The Hall–Kier alpha value is -1.95. The van der Waals surface area contributed by atoms with E-state index < -0.39 is 18.1 Å². The Morgan fingerprint density at radius 3 is 2.21 bits per heavy atom. The summed E-state index contributed by atoms with van der Waals surface area (Å²) in [6.07, 6.45) is -0.668. The first-order valence-electron chi connectivity index (χ1n) is 8.11. The van der Waals surface area contributed by atoms with E-state index >= 15 is 0 Å². The van der Waals surface area contributed by atoms with Crippen LogP contribution in [0.2, 0.25) is 0 Å². The summed E-state index contributed by atoms with van der Waals surface area (Å²) in [5, 5.41) is 18.4. The smallest absolute Gasteiger partial charge is 0.481 e. The van der Waals surface area contributed by atoms with Gasteiger partial charge in [-0.25, -0.2) is 4.79 Å². The molecular weight excluding hydrogens is 421 g/mol. The first-order chi connectivity index (χ1) is 13.1. The zero-order valence-corrected chi connectivity index (χ0v) is 16.2. The highest BCUT2D eigenvalue weighted by molar-refractivity contribution is 8.76. The number of nitrogens with zero attached hydrogens (tertiary/aromatic N) is 1. The molecule has 3 N–H and O–H groups in total. The van der Waals surface area contributed by atoms with Crippen molar-refractivity contribution in [3.05, 3.63) is 29.6 Å². The van der Waals surface area contributed by atoms with E-state index in [0.717, 1.165) is 5.75 Å². The van der Waals surface area contributed by atoms with Crippen LogP contribution in [0.3, 0.4) is 0 Å². The Bertz CT molecular complexity index is 667. The fourth-order valence-corrected chi connectivity index (χ4v) is 3.63. The summed E-state index contributed by atoms with van der Waals surface area (Å²) in [4.78, 5) is 35.3. The highest BCUT2D eigenvalue weighted by Crippen LogP contribution is 2.39. The molecule has 0 radical (unpaired) electrons. The maximum atomic E-state index is 11.9.